The molecule has 6 rings (SSSR count). The molecule has 0 aliphatic carbocycles. The van der Waals surface area contributed by atoms with Crippen LogP contribution in [0.25, 0.3) is 0 Å². The number of alkyl carbamates (subject to hydrolysis) is 2. The first kappa shape index (κ1) is 68.8. The van der Waals surface area contributed by atoms with Crippen LogP contribution in [0.4, 0.5) is 21.0 Å². The summed E-state index contributed by atoms with van der Waals surface area (Å²) in [6.07, 6.45) is -3.86. The van der Waals surface area contributed by atoms with E-state index < -0.39 is 86.8 Å². The number of nitro groups is 2. The number of aliphatic hydroxyl groups is 1. The number of hydrogen-bond acceptors (Lipinski definition) is 19. The Balaban J connectivity index is 0.000000316. The van der Waals surface area contributed by atoms with Crippen LogP contribution in [0, 0.1) is 32.1 Å². The predicted octanol–water partition coefficient (Wildman–Crippen LogP) is 5.67. The number of nitrogens with one attached hydrogen (secondary N) is 2. The standard InChI is InChI=1S/C30H45N4O11PS.C25H33N3O8S/c1-23(2)20-32(47(40,41)27-13-11-25(12-14-27)33(36)37)21-29(45-46(38,39)43-18-16-34(3,4)5)28(19-24-9-7-6-8-10-24)31-30(35)44-26-15-17-42-22-26;1-18(2)15-27(37(33,34)22-10-8-20(9-11-22)28(31)32)16-24(29)23(14-19-6-4-3-5-7-19)26-25(30)36-21-12-13-35-17-21/h6-14,23,26,28-29H,15-22H2,1-5H3,(H-,31,35,38,39);3-11,18,21,23-24,29H,12-17H2,1-2H3,(H,26,30)/t26-,28-,29+;21-,23-,24+/m00/s1. The lowest BCUT2D eigenvalue weighted by molar-refractivity contribution is -0.870. The van der Waals surface area contributed by atoms with Crippen LogP contribution in [0.15, 0.2) is 119 Å². The van der Waals surface area contributed by atoms with Crippen molar-refractivity contribution in [2.45, 2.75) is 99.7 Å². The van der Waals surface area contributed by atoms with Gasteiger partial charge < -0.3 is 53.1 Å². The molecule has 0 bridgehead atoms. The highest BCUT2D eigenvalue weighted by Crippen LogP contribution is 2.41. The number of quaternary nitrogens is 1. The van der Waals surface area contributed by atoms with E-state index >= 15 is 0 Å². The van der Waals surface area contributed by atoms with E-state index in [1.807, 2.05) is 65.3 Å². The fourth-order valence-corrected chi connectivity index (χ4v) is 12.9. The molecule has 0 aromatic heterocycles. The summed E-state index contributed by atoms with van der Waals surface area (Å²) < 4.78 is 103. The van der Waals surface area contributed by atoms with Gasteiger partial charge >= 0.3 is 12.2 Å². The third-order valence-corrected chi connectivity index (χ3v) is 17.7. The molecule has 29 heteroatoms. The number of hydrogen-bond donors (Lipinski definition) is 3. The van der Waals surface area contributed by atoms with Gasteiger partial charge in [0.05, 0.1) is 85.4 Å². The van der Waals surface area contributed by atoms with Gasteiger partial charge in [-0.2, -0.15) is 8.61 Å². The molecule has 84 heavy (non-hydrogen) atoms. The minimum atomic E-state index is -5.07. The Morgan fingerprint density at radius 1 is 0.667 bits per heavy atom. The van der Waals surface area contributed by atoms with E-state index in [2.05, 4.69) is 10.6 Å². The number of rotatable bonds is 30. The van der Waals surface area contributed by atoms with Crippen LogP contribution in [0.3, 0.4) is 0 Å². The summed E-state index contributed by atoms with van der Waals surface area (Å²) >= 11 is 0. The van der Waals surface area contributed by atoms with Gasteiger partial charge in [0, 0.05) is 63.3 Å². The van der Waals surface area contributed by atoms with Gasteiger partial charge in [0.2, 0.25) is 20.0 Å². The van der Waals surface area contributed by atoms with Crippen molar-refractivity contribution in [2.75, 3.05) is 86.9 Å². The number of aliphatic hydroxyl groups excluding tert-OH is 1. The first-order valence-corrected chi connectivity index (χ1v) is 31.6. The van der Waals surface area contributed by atoms with Crippen molar-refractivity contribution < 1.29 is 83.3 Å². The summed E-state index contributed by atoms with van der Waals surface area (Å²) in [4.78, 5) is 59.5. The second-order valence-electron chi connectivity index (χ2n) is 22.1. The van der Waals surface area contributed by atoms with Crippen molar-refractivity contribution in [2.24, 2.45) is 11.8 Å². The smallest absolute Gasteiger partial charge is 0.407 e. The monoisotopic (exact) mass is 1240 g/mol. The number of ether oxygens (including phenoxy) is 4. The quantitative estimate of drug-likeness (QED) is 0.0245. The van der Waals surface area contributed by atoms with Crippen LogP contribution in [0.1, 0.15) is 51.7 Å². The summed E-state index contributed by atoms with van der Waals surface area (Å²) in [5.74, 6) is -0.302. The minimum Gasteiger partial charge on any atom is -0.756 e. The molecule has 0 saturated carbocycles. The lowest BCUT2D eigenvalue weighted by Crippen LogP contribution is -2.52. The zero-order chi connectivity index (χ0) is 61.8. The van der Waals surface area contributed by atoms with Gasteiger partial charge in [-0.3, -0.25) is 24.8 Å². The molecule has 4 aromatic carbocycles. The van der Waals surface area contributed by atoms with Crippen LogP contribution in [-0.2, 0) is 65.4 Å². The molecule has 4 aromatic rings. The Kier molecular flexibility index (Phi) is 26.1. The second-order valence-corrected chi connectivity index (χ2v) is 27.3. The SMILES string of the molecule is CC(C)CN(C[C@@H](O)[C@H](Cc1ccccc1)NC(=O)O[C@H]1CCOC1)S(=O)(=O)c1ccc([N+](=O)[O-])cc1.CC(C)CN(C[C@@H](OP(=O)([O-])OCC[N+](C)(C)C)[C@H](Cc1ccccc1)NC(=O)O[C@H]1CCOC1)S(=O)(=O)c1ccc([N+](=O)[O-])cc1. The van der Waals surface area contributed by atoms with Crippen molar-refractivity contribution >= 4 is 51.4 Å². The molecule has 26 nitrogen and oxygen atoms in total. The third-order valence-electron chi connectivity index (χ3n) is 13.0. The van der Waals surface area contributed by atoms with Crippen molar-refractivity contribution in [3.8, 4) is 0 Å². The molecule has 2 heterocycles. The van der Waals surface area contributed by atoms with Crippen LogP contribution < -0.4 is 15.5 Å². The lowest BCUT2D eigenvalue weighted by Gasteiger charge is -2.36. The van der Waals surface area contributed by atoms with Gasteiger partial charge in [-0.25, -0.2) is 26.4 Å². The fourth-order valence-electron chi connectivity index (χ4n) is 8.71. The Hall–Kier alpha value is -6.01. The number of non-ortho nitro benzene ring substituents is 2. The normalized spacial score (nSPS) is 17.8. The number of likely N-dealkylation sites (N-methyl/N-ethyl adjacent to an activating group) is 1. The van der Waals surface area contributed by atoms with Crippen molar-refractivity contribution in [1.29, 1.82) is 0 Å². The van der Waals surface area contributed by atoms with Gasteiger partial charge in [0.1, 0.15) is 31.5 Å². The summed E-state index contributed by atoms with van der Waals surface area (Å²) in [7, 11) is -7.93. The van der Waals surface area contributed by atoms with E-state index in [1.54, 1.807) is 44.2 Å². The molecule has 0 radical (unpaired) electrons. The number of nitrogens with zero attached hydrogens (tertiary/aromatic N) is 5. The Bertz CT molecular complexity index is 3010. The molecule has 3 N–H and O–H groups in total. The molecule has 464 valence electrons. The fraction of sp³-hybridized carbons (Fsp3) is 0.527. The molecule has 7 atom stereocenters. The van der Waals surface area contributed by atoms with E-state index in [4.69, 9.17) is 28.0 Å². The topological polar surface area (TPSA) is 335 Å². The van der Waals surface area contributed by atoms with Gasteiger partial charge in [0.15, 0.2) is 0 Å². The molecule has 2 amide bonds. The Morgan fingerprint density at radius 2 is 1.07 bits per heavy atom. The van der Waals surface area contributed by atoms with E-state index in [1.165, 1.54) is 12.1 Å². The number of benzene rings is 4. The van der Waals surface area contributed by atoms with E-state index in [9.17, 15) is 61.2 Å². The van der Waals surface area contributed by atoms with Crippen LogP contribution in [0.2, 0.25) is 0 Å². The molecule has 2 fully saturated rings. The van der Waals surface area contributed by atoms with Gasteiger partial charge in [0.25, 0.3) is 19.2 Å². The lowest BCUT2D eigenvalue weighted by atomic mass is 10.0. The average Bonchev–Trinajstić information content (AvgIpc) is 3.42. The summed E-state index contributed by atoms with van der Waals surface area (Å²) in [6.45, 7) is 8.00. The van der Waals surface area contributed by atoms with Gasteiger partial charge in [-0.1, -0.05) is 88.4 Å². The highest BCUT2D eigenvalue weighted by molar-refractivity contribution is 7.89. The second kappa shape index (κ2) is 31.9. The van der Waals surface area contributed by atoms with Crippen LogP contribution in [0.5, 0.6) is 0 Å². The van der Waals surface area contributed by atoms with Crippen molar-refractivity contribution in [1.82, 2.24) is 19.2 Å². The van der Waals surface area contributed by atoms with Crippen molar-refractivity contribution in [3.63, 3.8) is 0 Å². The van der Waals surface area contributed by atoms with E-state index in [-0.39, 0.29) is 84.8 Å². The molecule has 0 spiro atoms. The maximum Gasteiger partial charge on any atom is 0.407 e. The molecule has 2 aliphatic rings. The largest absolute Gasteiger partial charge is 0.756 e. The highest BCUT2D eigenvalue weighted by Gasteiger charge is 2.37. The highest BCUT2D eigenvalue weighted by atomic mass is 32.2. The van der Waals surface area contributed by atoms with Crippen molar-refractivity contribution in [3.05, 3.63) is 141 Å². The third kappa shape index (κ3) is 22.8. The maximum absolute atomic E-state index is 14.0. The molecule has 1 unspecified atom stereocenters. The number of phosphoric ester groups is 1. The molecule has 2 aliphatic heterocycles. The first-order valence-electron chi connectivity index (χ1n) is 27.3. The van der Waals surface area contributed by atoms with E-state index in [0.29, 0.717) is 49.3 Å². The summed E-state index contributed by atoms with van der Waals surface area (Å²) in [5, 5.41) is 38.8. The molecular formula is C55H78N7O19PS2. The number of carbonyl (C=O) groups excluding carboxylic acids is 2. The Morgan fingerprint density at radius 3 is 1.45 bits per heavy atom. The van der Waals surface area contributed by atoms with Crippen LogP contribution in [-0.4, -0.2) is 180 Å². The number of sulfonamides is 2. The van der Waals surface area contributed by atoms with E-state index in [0.717, 1.165) is 50.6 Å². The first-order chi connectivity index (χ1) is 39.5. The summed E-state index contributed by atoms with van der Waals surface area (Å²) in [6, 6.07) is 25.1. The number of carbonyl (C=O) groups is 2. The zero-order valence-corrected chi connectivity index (χ0v) is 50.7. The number of phosphoric acid groups is 1. The van der Waals surface area contributed by atoms with Gasteiger partial charge in [-0.15, -0.1) is 0 Å². The van der Waals surface area contributed by atoms with Gasteiger partial charge in [-0.05, 0) is 60.1 Å². The number of nitro benzene ring substituents is 2. The zero-order valence-electron chi connectivity index (χ0n) is 48.2. The van der Waals surface area contributed by atoms with Crippen LogP contribution >= 0.6 is 7.82 Å². The number of amides is 2. The Labute approximate surface area is 490 Å². The molecular weight excluding hydrogens is 1160 g/mol. The maximum atomic E-state index is 14.0. The molecule has 2 saturated heterocycles. The average molecular weight is 1240 g/mol. The predicted molar refractivity (Wildman–Crippen MR) is 306 cm³/mol. The summed E-state index contributed by atoms with van der Waals surface area (Å²) in [5.41, 5.74) is 1.02. The minimum absolute atomic E-state index is 0.0494.